The van der Waals surface area contributed by atoms with E-state index in [-0.39, 0.29) is 23.3 Å². The van der Waals surface area contributed by atoms with Gasteiger partial charge in [0.15, 0.2) is 5.78 Å². The van der Waals surface area contributed by atoms with Crippen LogP contribution >= 0.6 is 47.8 Å². The van der Waals surface area contributed by atoms with Crippen molar-refractivity contribution in [2.24, 2.45) is 5.41 Å². The zero-order valence-corrected chi connectivity index (χ0v) is 22.7. The molecule has 0 aliphatic heterocycles. The van der Waals surface area contributed by atoms with Crippen molar-refractivity contribution < 1.29 is 31.5 Å². The Balaban J connectivity index is 1.76. The fourth-order valence-corrected chi connectivity index (χ4v) is 5.57. The van der Waals surface area contributed by atoms with Crippen LogP contribution in [0.25, 0.3) is 6.08 Å². The Morgan fingerprint density at radius 2 is 1.66 bits per heavy atom. The van der Waals surface area contributed by atoms with E-state index < -0.39 is 36.4 Å². The van der Waals surface area contributed by atoms with Gasteiger partial charge in [0.05, 0.1) is 17.9 Å². The van der Waals surface area contributed by atoms with Crippen molar-refractivity contribution in [1.29, 1.82) is 0 Å². The summed E-state index contributed by atoms with van der Waals surface area (Å²) in [5.41, 5.74) is -0.228. The molecule has 2 aromatic rings. The van der Waals surface area contributed by atoms with Crippen LogP contribution in [0, 0.1) is 5.41 Å². The summed E-state index contributed by atoms with van der Waals surface area (Å²) in [6, 6.07) is 8.94. The van der Waals surface area contributed by atoms with Gasteiger partial charge >= 0.3 is 6.18 Å². The summed E-state index contributed by atoms with van der Waals surface area (Å²) in [7, 11) is 0. The van der Waals surface area contributed by atoms with Gasteiger partial charge in [0.2, 0.25) is 5.91 Å². The van der Waals surface area contributed by atoms with Crippen LogP contribution in [0.15, 0.2) is 55.9 Å². The standard InChI is InChI=1S/C24H19Br3F5NO2/c25-15-8-14(9-16(26)10-15)18(24(30,31)32)4-2-13-1-3-17(19(27)7-13)20(34)11-23(5-6-23)22(35)33-12-21(28)29/h1-4,7-10,18,21H,5-6,11-12H2,(H,33,35)/b4-2+. The number of benzene rings is 2. The van der Waals surface area contributed by atoms with Crippen molar-refractivity contribution in [2.45, 2.75) is 37.8 Å². The average Bonchev–Trinajstić information content (AvgIpc) is 3.51. The lowest BCUT2D eigenvalue weighted by atomic mass is 9.94. The molecule has 0 saturated heterocycles. The van der Waals surface area contributed by atoms with Crippen LogP contribution in [0.3, 0.4) is 0 Å². The van der Waals surface area contributed by atoms with Crippen LogP contribution in [0.4, 0.5) is 22.0 Å². The highest BCUT2D eigenvalue weighted by Crippen LogP contribution is 2.50. The molecule has 188 valence electrons. The summed E-state index contributed by atoms with van der Waals surface area (Å²) in [5, 5.41) is 2.17. The van der Waals surface area contributed by atoms with Gasteiger partial charge in [0, 0.05) is 25.4 Å². The Morgan fingerprint density at radius 1 is 1.03 bits per heavy atom. The number of halogens is 8. The Bertz CT molecular complexity index is 1130. The second-order valence-corrected chi connectivity index (χ2v) is 11.0. The van der Waals surface area contributed by atoms with Crippen LogP contribution in [0.1, 0.15) is 46.7 Å². The molecule has 0 heterocycles. The SMILES string of the molecule is O=C(CC1(C(=O)NCC(F)F)CC1)c1ccc(/C=C/C(c2cc(Br)cc(Br)c2)C(F)(F)F)cc1Br. The van der Waals surface area contributed by atoms with Crippen LogP contribution in [0.2, 0.25) is 0 Å². The summed E-state index contributed by atoms with van der Waals surface area (Å²) in [5.74, 6) is -2.78. The fraction of sp³-hybridized carbons (Fsp3) is 0.333. The highest BCUT2D eigenvalue weighted by molar-refractivity contribution is 9.11. The van der Waals surface area contributed by atoms with Crippen molar-refractivity contribution in [3.8, 4) is 0 Å². The van der Waals surface area contributed by atoms with E-state index in [1.165, 1.54) is 36.4 Å². The van der Waals surface area contributed by atoms with E-state index in [2.05, 4.69) is 53.1 Å². The molecular weight excluding hydrogens is 669 g/mol. The lowest BCUT2D eigenvalue weighted by molar-refractivity contribution is -0.139. The van der Waals surface area contributed by atoms with Crippen LogP contribution < -0.4 is 5.32 Å². The minimum Gasteiger partial charge on any atom is -0.350 e. The summed E-state index contributed by atoms with van der Waals surface area (Å²) >= 11 is 9.70. The van der Waals surface area contributed by atoms with E-state index in [1.807, 2.05) is 0 Å². The summed E-state index contributed by atoms with van der Waals surface area (Å²) in [6.07, 6.45) is -4.11. The number of carbonyl (C=O) groups excluding carboxylic acids is 2. The Morgan fingerprint density at radius 3 is 2.17 bits per heavy atom. The number of rotatable bonds is 9. The first-order valence-corrected chi connectivity index (χ1v) is 12.8. The predicted molar refractivity (Wildman–Crippen MR) is 133 cm³/mol. The normalized spacial score (nSPS) is 15.9. The molecule has 1 saturated carbocycles. The molecule has 35 heavy (non-hydrogen) atoms. The van der Waals surface area contributed by atoms with Gasteiger partial charge in [-0.3, -0.25) is 9.59 Å². The van der Waals surface area contributed by atoms with E-state index in [1.54, 1.807) is 6.07 Å². The van der Waals surface area contributed by atoms with Gasteiger partial charge in [-0.15, -0.1) is 0 Å². The van der Waals surface area contributed by atoms with E-state index >= 15 is 0 Å². The third-order valence-corrected chi connectivity index (χ3v) is 7.19. The predicted octanol–water partition coefficient (Wildman–Crippen LogP) is 8.07. The Hall–Kier alpha value is -1.59. The molecule has 1 aliphatic rings. The number of alkyl halides is 5. The molecular formula is C24H19Br3F5NO2. The minimum absolute atomic E-state index is 0.0562. The molecule has 2 aromatic carbocycles. The van der Waals surface area contributed by atoms with Crippen LogP contribution in [0.5, 0.6) is 0 Å². The quantitative estimate of drug-likeness (QED) is 0.214. The first-order chi connectivity index (χ1) is 16.3. The molecule has 1 aliphatic carbocycles. The second-order valence-electron chi connectivity index (χ2n) is 8.30. The number of ketones is 1. The van der Waals surface area contributed by atoms with Crippen molar-refractivity contribution in [2.75, 3.05) is 6.54 Å². The number of hydrogen-bond acceptors (Lipinski definition) is 2. The highest BCUT2D eigenvalue weighted by atomic mass is 79.9. The number of nitrogens with one attached hydrogen (secondary N) is 1. The minimum atomic E-state index is -4.52. The first-order valence-electron chi connectivity index (χ1n) is 10.4. The van der Waals surface area contributed by atoms with Gasteiger partial charge < -0.3 is 5.32 Å². The molecule has 11 heteroatoms. The maximum Gasteiger partial charge on any atom is 0.399 e. The van der Waals surface area contributed by atoms with Gasteiger partial charge in [-0.05, 0) is 54.3 Å². The zero-order chi connectivity index (χ0) is 26.0. The van der Waals surface area contributed by atoms with Crippen molar-refractivity contribution in [3.05, 3.63) is 72.6 Å². The number of hydrogen-bond donors (Lipinski definition) is 1. The van der Waals surface area contributed by atoms with Crippen molar-refractivity contribution in [3.63, 3.8) is 0 Å². The van der Waals surface area contributed by atoms with Gasteiger partial charge in [-0.25, -0.2) is 8.78 Å². The Kier molecular flexibility index (Phi) is 8.96. The number of Topliss-reactive ketones (excluding diaryl/α,β-unsaturated/α-hetero) is 1. The molecule has 1 unspecified atom stereocenters. The topological polar surface area (TPSA) is 46.2 Å². The third kappa shape index (κ3) is 7.45. The largest absolute Gasteiger partial charge is 0.399 e. The van der Waals surface area contributed by atoms with Crippen LogP contribution in [-0.4, -0.2) is 30.8 Å². The molecule has 0 radical (unpaired) electrons. The molecule has 0 bridgehead atoms. The summed E-state index contributed by atoms with van der Waals surface area (Å²) < 4.78 is 67.3. The smallest absolute Gasteiger partial charge is 0.350 e. The lowest BCUT2D eigenvalue weighted by Gasteiger charge is -2.18. The molecule has 0 aromatic heterocycles. The highest BCUT2D eigenvalue weighted by Gasteiger charge is 2.51. The van der Waals surface area contributed by atoms with Gasteiger partial charge in [0.1, 0.15) is 0 Å². The van der Waals surface area contributed by atoms with E-state index in [0.717, 1.165) is 6.08 Å². The van der Waals surface area contributed by atoms with Gasteiger partial charge in [-0.1, -0.05) is 66.0 Å². The first kappa shape index (κ1) is 28.0. The second kappa shape index (κ2) is 11.2. The number of allylic oxidation sites excluding steroid dienone is 1. The van der Waals surface area contributed by atoms with Gasteiger partial charge in [0.25, 0.3) is 6.43 Å². The molecule has 3 rings (SSSR count). The average molecular weight is 688 g/mol. The molecule has 0 spiro atoms. The maximum absolute atomic E-state index is 13.7. The van der Waals surface area contributed by atoms with Crippen LogP contribution in [-0.2, 0) is 4.79 Å². The third-order valence-electron chi connectivity index (χ3n) is 5.62. The van der Waals surface area contributed by atoms with Crippen molar-refractivity contribution in [1.82, 2.24) is 5.32 Å². The molecule has 1 N–H and O–H groups in total. The molecule has 1 amide bonds. The van der Waals surface area contributed by atoms with Gasteiger partial charge in [-0.2, -0.15) is 13.2 Å². The van der Waals surface area contributed by atoms with E-state index in [9.17, 15) is 31.5 Å². The molecule has 1 atom stereocenters. The van der Waals surface area contributed by atoms with E-state index in [4.69, 9.17) is 0 Å². The van der Waals surface area contributed by atoms with E-state index in [0.29, 0.717) is 31.8 Å². The number of carbonyl (C=O) groups is 2. The zero-order valence-electron chi connectivity index (χ0n) is 17.9. The Labute approximate surface area is 223 Å². The van der Waals surface area contributed by atoms with Crippen molar-refractivity contribution >= 4 is 65.6 Å². The molecule has 3 nitrogen and oxygen atoms in total. The summed E-state index contributed by atoms with van der Waals surface area (Å²) in [6.45, 7) is -0.769. The number of amides is 1. The summed E-state index contributed by atoms with van der Waals surface area (Å²) in [4.78, 5) is 25.0. The lowest BCUT2D eigenvalue weighted by Crippen LogP contribution is -2.36. The molecule has 1 fully saturated rings. The monoisotopic (exact) mass is 685 g/mol. The maximum atomic E-state index is 13.7. The fourth-order valence-electron chi connectivity index (χ4n) is 3.63.